The summed E-state index contributed by atoms with van der Waals surface area (Å²) in [6.45, 7) is 4.17. The maximum atomic E-state index is 12.1. The standard InChI is InChI=1S/C15H19N3O2/c1-4-12-13(16)14(18(3)17-12)15(19)20-9-11-7-5-6-10(2)8-11/h5-8H,4,9,16H2,1-3H3. The van der Waals surface area contributed by atoms with Gasteiger partial charge in [-0.2, -0.15) is 5.10 Å². The van der Waals surface area contributed by atoms with Crippen LogP contribution >= 0.6 is 0 Å². The lowest BCUT2D eigenvalue weighted by Gasteiger charge is -2.06. The monoisotopic (exact) mass is 273 g/mol. The van der Waals surface area contributed by atoms with E-state index < -0.39 is 5.97 Å². The molecular formula is C15H19N3O2. The molecule has 0 saturated heterocycles. The van der Waals surface area contributed by atoms with Crippen molar-refractivity contribution in [3.63, 3.8) is 0 Å². The van der Waals surface area contributed by atoms with E-state index in [-0.39, 0.29) is 6.61 Å². The molecular weight excluding hydrogens is 254 g/mol. The summed E-state index contributed by atoms with van der Waals surface area (Å²) < 4.78 is 6.79. The van der Waals surface area contributed by atoms with Crippen molar-refractivity contribution in [2.45, 2.75) is 26.9 Å². The van der Waals surface area contributed by atoms with Crippen molar-refractivity contribution in [2.24, 2.45) is 7.05 Å². The van der Waals surface area contributed by atoms with E-state index in [1.807, 2.05) is 38.1 Å². The van der Waals surface area contributed by atoms with Crippen LogP contribution in [0.15, 0.2) is 24.3 Å². The summed E-state index contributed by atoms with van der Waals surface area (Å²) in [6.07, 6.45) is 0.685. The smallest absolute Gasteiger partial charge is 0.359 e. The van der Waals surface area contributed by atoms with E-state index in [9.17, 15) is 4.79 Å². The van der Waals surface area contributed by atoms with Crippen LogP contribution in [-0.4, -0.2) is 15.7 Å². The average molecular weight is 273 g/mol. The van der Waals surface area contributed by atoms with Crippen molar-refractivity contribution in [1.29, 1.82) is 0 Å². The maximum Gasteiger partial charge on any atom is 0.359 e. The molecule has 0 bridgehead atoms. The molecule has 0 spiro atoms. The molecule has 2 N–H and O–H groups in total. The Morgan fingerprint density at radius 1 is 1.45 bits per heavy atom. The van der Waals surface area contributed by atoms with E-state index in [4.69, 9.17) is 10.5 Å². The molecule has 5 heteroatoms. The van der Waals surface area contributed by atoms with E-state index in [0.717, 1.165) is 16.8 Å². The number of nitrogens with two attached hydrogens (primary N) is 1. The molecule has 0 radical (unpaired) electrons. The summed E-state index contributed by atoms with van der Waals surface area (Å²) in [5, 5.41) is 4.21. The number of carbonyl (C=O) groups excluding carboxylic acids is 1. The predicted octanol–water partition coefficient (Wildman–Crippen LogP) is 2.23. The van der Waals surface area contributed by atoms with Crippen LogP contribution < -0.4 is 5.73 Å². The molecule has 5 nitrogen and oxygen atoms in total. The van der Waals surface area contributed by atoms with E-state index in [1.165, 1.54) is 4.68 Å². The number of hydrogen-bond acceptors (Lipinski definition) is 4. The highest BCUT2D eigenvalue weighted by Crippen LogP contribution is 2.18. The van der Waals surface area contributed by atoms with Gasteiger partial charge in [0.1, 0.15) is 6.61 Å². The highest BCUT2D eigenvalue weighted by atomic mass is 16.5. The third-order valence-corrected chi connectivity index (χ3v) is 3.14. The minimum absolute atomic E-state index is 0.229. The molecule has 0 saturated carbocycles. The van der Waals surface area contributed by atoms with Crippen molar-refractivity contribution < 1.29 is 9.53 Å². The third kappa shape index (κ3) is 2.82. The van der Waals surface area contributed by atoms with E-state index in [2.05, 4.69) is 5.10 Å². The highest BCUT2D eigenvalue weighted by Gasteiger charge is 2.20. The van der Waals surface area contributed by atoms with Gasteiger partial charge in [-0.15, -0.1) is 0 Å². The van der Waals surface area contributed by atoms with Crippen LogP contribution in [0.25, 0.3) is 0 Å². The van der Waals surface area contributed by atoms with Gasteiger partial charge in [0.05, 0.1) is 11.4 Å². The van der Waals surface area contributed by atoms with E-state index >= 15 is 0 Å². The first-order chi connectivity index (χ1) is 9.52. The minimum atomic E-state index is -0.446. The second-order valence-electron chi connectivity index (χ2n) is 4.75. The lowest BCUT2D eigenvalue weighted by molar-refractivity contribution is 0.0461. The summed E-state index contributed by atoms with van der Waals surface area (Å²) >= 11 is 0. The molecule has 0 amide bonds. The number of ether oxygens (including phenoxy) is 1. The van der Waals surface area contributed by atoms with Gasteiger partial charge in [-0.05, 0) is 18.9 Å². The van der Waals surface area contributed by atoms with Crippen LogP contribution in [0.1, 0.15) is 34.2 Å². The number of carbonyl (C=O) groups is 1. The number of hydrogen-bond donors (Lipinski definition) is 1. The lowest BCUT2D eigenvalue weighted by atomic mass is 10.1. The number of nitrogens with zero attached hydrogens (tertiary/aromatic N) is 2. The van der Waals surface area contributed by atoms with Crippen molar-refractivity contribution in [1.82, 2.24) is 9.78 Å². The van der Waals surface area contributed by atoms with Crippen LogP contribution in [0.5, 0.6) is 0 Å². The highest BCUT2D eigenvalue weighted by molar-refractivity contribution is 5.93. The van der Waals surface area contributed by atoms with Gasteiger partial charge in [0, 0.05) is 7.05 Å². The van der Waals surface area contributed by atoms with Gasteiger partial charge in [0.15, 0.2) is 5.69 Å². The van der Waals surface area contributed by atoms with Gasteiger partial charge >= 0.3 is 5.97 Å². The van der Waals surface area contributed by atoms with E-state index in [0.29, 0.717) is 17.8 Å². The molecule has 20 heavy (non-hydrogen) atoms. The summed E-state index contributed by atoms with van der Waals surface area (Å²) in [6, 6.07) is 7.84. The van der Waals surface area contributed by atoms with Crippen LogP contribution in [0.4, 0.5) is 5.69 Å². The zero-order valence-corrected chi connectivity index (χ0v) is 12.0. The van der Waals surface area contributed by atoms with Crippen LogP contribution in [0.2, 0.25) is 0 Å². The second kappa shape index (κ2) is 5.77. The number of aryl methyl sites for hydroxylation is 3. The molecule has 1 aromatic carbocycles. The van der Waals surface area contributed by atoms with Crippen LogP contribution in [-0.2, 0) is 24.8 Å². The molecule has 1 heterocycles. The molecule has 0 fully saturated rings. The molecule has 2 aromatic rings. The summed E-state index contributed by atoms with van der Waals surface area (Å²) in [4.78, 5) is 12.1. The summed E-state index contributed by atoms with van der Waals surface area (Å²) in [5.74, 6) is -0.446. The van der Waals surface area contributed by atoms with Gasteiger partial charge in [-0.25, -0.2) is 4.79 Å². The minimum Gasteiger partial charge on any atom is -0.456 e. The molecule has 0 unspecified atom stereocenters. The Kier molecular flexibility index (Phi) is 4.08. The van der Waals surface area contributed by atoms with Crippen LogP contribution in [0, 0.1) is 6.92 Å². The first kappa shape index (κ1) is 14.1. The fourth-order valence-corrected chi connectivity index (χ4v) is 2.12. The number of benzene rings is 1. The summed E-state index contributed by atoms with van der Waals surface area (Å²) in [7, 11) is 1.69. The molecule has 1 aromatic heterocycles. The molecule has 0 atom stereocenters. The predicted molar refractivity (Wildman–Crippen MR) is 77.3 cm³/mol. The topological polar surface area (TPSA) is 70.1 Å². The first-order valence-electron chi connectivity index (χ1n) is 6.57. The zero-order chi connectivity index (χ0) is 14.7. The number of rotatable bonds is 4. The van der Waals surface area contributed by atoms with Gasteiger partial charge in [0.25, 0.3) is 0 Å². The van der Waals surface area contributed by atoms with Gasteiger partial charge < -0.3 is 10.5 Å². The van der Waals surface area contributed by atoms with E-state index in [1.54, 1.807) is 7.05 Å². The number of nitrogen functional groups attached to an aromatic ring is 1. The average Bonchev–Trinajstić information content (AvgIpc) is 2.71. The van der Waals surface area contributed by atoms with Gasteiger partial charge in [0.2, 0.25) is 0 Å². The van der Waals surface area contributed by atoms with Gasteiger partial charge in [-0.1, -0.05) is 36.8 Å². The van der Waals surface area contributed by atoms with Gasteiger partial charge in [-0.3, -0.25) is 4.68 Å². The Morgan fingerprint density at radius 2 is 2.20 bits per heavy atom. The van der Waals surface area contributed by atoms with Crippen LogP contribution in [0.3, 0.4) is 0 Å². The SMILES string of the molecule is CCc1nn(C)c(C(=O)OCc2cccc(C)c2)c1N. The Morgan fingerprint density at radius 3 is 2.80 bits per heavy atom. The quantitative estimate of drug-likeness (QED) is 0.867. The first-order valence-corrected chi connectivity index (χ1v) is 6.57. The Labute approximate surface area is 118 Å². The normalized spacial score (nSPS) is 10.6. The Hall–Kier alpha value is -2.30. The van der Waals surface area contributed by atoms with Crippen molar-refractivity contribution in [3.05, 3.63) is 46.8 Å². The third-order valence-electron chi connectivity index (χ3n) is 3.14. The molecule has 2 rings (SSSR count). The number of anilines is 1. The number of aromatic nitrogens is 2. The molecule has 0 aliphatic heterocycles. The lowest BCUT2D eigenvalue weighted by Crippen LogP contribution is -2.12. The Bertz CT molecular complexity index is 632. The fraction of sp³-hybridized carbons (Fsp3) is 0.333. The largest absolute Gasteiger partial charge is 0.456 e. The maximum absolute atomic E-state index is 12.1. The Balaban J connectivity index is 2.11. The summed E-state index contributed by atoms with van der Waals surface area (Å²) in [5.41, 5.74) is 9.45. The second-order valence-corrected chi connectivity index (χ2v) is 4.75. The fourth-order valence-electron chi connectivity index (χ4n) is 2.12. The van der Waals surface area contributed by atoms with Crippen molar-refractivity contribution in [3.8, 4) is 0 Å². The molecule has 106 valence electrons. The van der Waals surface area contributed by atoms with Crippen molar-refractivity contribution >= 4 is 11.7 Å². The molecule has 0 aliphatic rings. The van der Waals surface area contributed by atoms with Crippen molar-refractivity contribution in [2.75, 3.05) is 5.73 Å². The number of esters is 1. The zero-order valence-electron chi connectivity index (χ0n) is 12.0. The molecule has 0 aliphatic carbocycles.